The van der Waals surface area contributed by atoms with E-state index in [-0.39, 0.29) is 5.91 Å². The monoisotopic (exact) mass is 302 g/mol. The van der Waals surface area contributed by atoms with Crippen LogP contribution in [0.3, 0.4) is 0 Å². The van der Waals surface area contributed by atoms with E-state index in [1.807, 2.05) is 0 Å². The Balaban J connectivity index is 1.83. The molecular formula is C19H30N2O. The highest BCUT2D eigenvalue weighted by Crippen LogP contribution is 2.32. The second-order valence-corrected chi connectivity index (χ2v) is 7.45. The smallest absolute Gasteiger partial charge is 0.255 e. The summed E-state index contributed by atoms with van der Waals surface area (Å²) in [4.78, 5) is 15.0. The van der Waals surface area contributed by atoms with Crippen LogP contribution < -0.4 is 0 Å². The molecule has 3 heteroatoms. The summed E-state index contributed by atoms with van der Waals surface area (Å²) in [5.74, 6) is 0.890. The van der Waals surface area contributed by atoms with E-state index in [2.05, 4.69) is 36.3 Å². The number of carbonyl (C=O) groups excluding carboxylic acids is 1. The minimum atomic E-state index is 0.252. The molecule has 1 aromatic heterocycles. The van der Waals surface area contributed by atoms with Gasteiger partial charge in [0.2, 0.25) is 0 Å². The second kappa shape index (κ2) is 6.47. The van der Waals surface area contributed by atoms with E-state index in [0.717, 1.165) is 25.1 Å². The van der Waals surface area contributed by atoms with Crippen molar-refractivity contribution in [1.82, 2.24) is 9.47 Å². The Bertz CT molecular complexity index is 540. The minimum absolute atomic E-state index is 0.252. The van der Waals surface area contributed by atoms with Crippen LogP contribution >= 0.6 is 0 Å². The maximum atomic E-state index is 12.9. The normalized spacial score (nSPS) is 23.8. The number of rotatable bonds is 2. The maximum absolute atomic E-state index is 12.9. The Labute approximate surface area is 134 Å². The Morgan fingerprint density at radius 3 is 2.50 bits per heavy atom. The summed E-state index contributed by atoms with van der Waals surface area (Å²) >= 11 is 0. The van der Waals surface area contributed by atoms with Crippen LogP contribution in [0.4, 0.5) is 0 Å². The van der Waals surface area contributed by atoms with Gasteiger partial charge < -0.3 is 9.47 Å². The van der Waals surface area contributed by atoms with Gasteiger partial charge in [-0.3, -0.25) is 4.79 Å². The summed E-state index contributed by atoms with van der Waals surface area (Å²) in [6, 6.07) is 2.74. The number of nitrogens with zero attached hydrogens (tertiary/aromatic N) is 2. The highest BCUT2D eigenvalue weighted by atomic mass is 16.2. The third kappa shape index (κ3) is 2.95. The van der Waals surface area contributed by atoms with Crippen molar-refractivity contribution in [2.24, 2.45) is 5.92 Å². The summed E-state index contributed by atoms with van der Waals surface area (Å²) in [7, 11) is 0. The predicted octanol–water partition coefficient (Wildman–Crippen LogP) is 4.48. The minimum Gasteiger partial charge on any atom is -0.345 e. The Kier molecular flexibility index (Phi) is 4.60. The highest BCUT2D eigenvalue weighted by Gasteiger charge is 2.27. The standard InChI is InChI=1S/C19H30N2O/c1-14-8-7-11-20(13-14)19(22)18-12-15(2)21(16(18)3)17-9-5-4-6-10-17/h12,14,17H,4-11,13H2,1-3H3. The molecule has 2 fully saturated rings. The van der Waals surface area contributed by atoms with Crippen molar-refractivity contribution < 1.29 is 4.79 Å². The van der Waals surface area contributed by atoms with Crippen LogP contribution in [-0.4, -0.2) is 28.5 Å². The fourth-order valence-electron chi connectivity index (χ4n) is 4.44. The molecular weight excluding hydrogens is 272 g/mol. The third-order valence-corrected chi connectivity index (χ3v) is 5.60. The summed E-state index contributed by atoms with van der Waals surface area (Å²) in [5, 5.41) is 0. The Morgan fingerprint density at radius 2 is 1.82 bits per heavy atom. The second-order valence-electron chi connectivity index (χ2n) is 7.45. The molecule has 0 aromatic carbocycles. The van der Waals surface area contributed by atoms with Gasteiger partial charge in [0.05, 0.1) is 5.56 Å². The van der Waals surface area contributed by atoms with Crippen LogP contribution in [0.5, 0.6) is 0 Å². The van der Waals surface area contributed by atoms with E-state index in [1.54, 1.807) is 0 Å². The molecule has 0 bridgehead atoms. The molecule has 1 aliphatic heterocycles. The van der Waals surface area contributed by atoms with Crippen LogP contribution in [-0.2, 0) is 0 Å². The first-order valence-electron chi connectivity index (χ1n) is 9.05. The third-order valence-electron chi connectivity index (χ3n) is 5.60. The Morgan fingerprint density at radius 1 is 1.09 bits per heavy atom. The van der Waals surface area contributed by atoms with Gasteiger partial charge in [-0.05, 0) is 51.5 Å². The number of aryl methyl sites for hydroxylation is 1. The van der Waals surface area contributed by atoms with Crippen LogP contribution in [0.2, 0.25) is 0 Å². The number of amides is 1. The lowest BCUT2D eigenvalue weighted by atomic mass is 9.95. The SMILES string of the molecule is Cc1cc(C(=O)N2CCCC(C)C2)c(C)n1C1CCCCC1. The molecule has 1 unspecified atom stereocenters. The molecule has 1 aromatic rings. The number of carbonyl (C=O) groups is 1. The summed E-state index contributed by atoms with van der Waals surface area (Å²) in [5.41, 5.74) is 3.39. The number of hydrogen-bond acceptors (Lipinski definition) is 1. The number of piperidine rings is 1. The molecule has 2 aliphatic rings. The van der Waals surface area contributed by atoms with Crippen molar-refractivity contribution in [3.05, 3.63) is 23.0 Å². The molecule has 3 nitrogen and oxygen atoms in total. The summed E-state index contributed by atoms with van der Waals surface area (Å²) < 4.78 is 2.44. The lowest BCUT2D eigenvalue weighted by Crippen LogP contribution is -2.39. The molecule has 1 amide bonds. The van der Waals surface area contributed by atoms with Gasteiger partial charge in [-0.15, -0.1) is 0 Å². The summed E-state index contributed by atoms with van der Waals surface area (Å²) in [6.07, 6.45) is 8.96. The van der Waals surface area contributed by atoms with Crippen molar-refractivity contribution in [3.63, 3.8) is 0 Å². The Hall–Kier alpha value is -1.25. The molecule has 1 saturated carbocycles. The van der Waals surface area contributed by atoms with Gasteiger partial charge in [-0.2, -0.15) is 0 Å². The fraction of sp³-hybridized carbons (Fsp3) is 0.737. The molecule has 0 N–H and O–H groups in total. The van der Waals surface area contributed by atoms with Crippen LogP contribution in [0.15, 0.2) is 6.07 Å². The number of likely N-dealkylation sites (tertiary alicyclic amines) is 1. The lowest BCUT2D eigenvalue weighted by Gasteiger charge is -2.31. The molecule has 2 heterocycles. The maximum Gasteiger partial charge on any atom is 0.255 e. The van der Waals surface area contributed by atoms with Gasteiger partial charge in [-0.25, -0.2) is 0 Å². The predicted molar refractivity (Wildman–Crippen MR) is 90.3 cm³/mol. The van der Waals surface area contributed by atoms with Gasteiger partial charge >= 0.3 is 0 Å². The molecule has 1 atom stereocenters. The first-order valence-corrected chi connectivity index (χ1v) is 9.05. The molecule has 1 aliphatic carbocycles. The zero-order valence-corrected chi connectivity index (χ0v) is 14.4. The van der Waals surface area contributed by atoms with Crippen molar-refractivity contribution in [1.29, 1.82) is 0 Å². The van der Waals surface area contributed by atoms with Gasteiger partial charge in [0.15, 0.2) is 0 Å². The molecule has 0 radical (unpaired) electrons. The van der Waals surface area contributed by atoms with Crippen molar-refractivity contribution in [2.75, 3.05) is 13.1 Å². The van der Waals surface area contributed by atoms with Crippen LogP contribution in [0.25, 0.3) is 0 Å². The van der Waals surface area contributed by atoms with E-state index < -0.39 is 0 Å². The van der Waals surface area contributed by atoms with E-state index in [0.29, 0.717) is 12.0 Å². The van der Waals surface area contributed by atoms with Crippen LogP contribution in [0.1, 0.15) is 79.7 Å². The first kappa shape index (κ1) is 15.6. The van der Waals surface area contributed by atoms with Crippen LogP contribution in [0, 0.1) is 19.8 Å². The lowest BCUT2D eigenvalue weighted by molar-refractivity contribution is 0.0682. The largest absolute Gasteiger partial charge is 0.345 e. The molecule has 22 heavy (non-hydrogen) atoms. The van der Waals surface area contributed by atoms with Crippen molar-refractivity contribution in [3.8, 4) is 0 Å². The van der Waals surface area contributed by atoms with E-state index in [9.17, 15) is 4.79 Å². The van der Waals surface area contributed by atoms with E-state index in [1.165, 1.54) is 49.9 Å². The van der Waals surface area contributed by atoms with Gasteiger partial charge in [-0.1, -0.05) is 26.2 Å². The topological polar surface area (TPSA) is 25.2 Å². The zero-order chi connectivity index (χ0) is 15.7. The quantitative estimate of drug-likeness (QED) is 0.790. The van der Waals surface area contributed by atoms with Gasteiger partial charge in [0.25, 0.3) is 5.91 Å². The average Bonchev–Trinajstić information content (AvgIpc) is 2.82. The zero-order valence-electron chi connectivity index (χ0n) is 14.4. The highest BCUT2D eigenvalue weighted by molar-refractivity contribution is 5.95. The van der Waals surface area contributed by atoms with Gasteiger partial charge in [0.1, 0.15) is 0 Å². The fourth-order valence-corrected chi connectivity index (χ4v) is 4.44. The van der Waals surface area contributed by atoms with E-state index in [4.69, 9.17) is 0 Å². The first-order chi connectivity index (χ1) is 10.6. The molecule has 1 saturated heterocycles. The number of hydrogen-bond donors (Lipinski definition) is 0. The molecule has 3 rings (SSSR count). The van der Waals surface area contributed by atoms with Gasteiger partial charge in [0, 0.05) is 30.5 Å². The van der Waals surface area contributed by atoms with Crippen molar-refractivity contribution in [2.45, 2.75) is 71.8 Å². The number of aromatic nitrogens is 1. The summed E-state index contributed by atoms with van der Waals surface area (Å²) in [6.45, 7) is 8.41. The molecule has 122 valence electrons. The van der Waals surface area contributed by atoms with E-state index >= 15 is 0 Å². The molecule has 0 spiro atoms. The van der Waals surface area contributed by atoms with Crippen molar-refractivity contribution >= 4 is 5.91 Å². The average molecular weight is 302 g/mol.